The zero-order valence-electron chi connectivity index (χ0n) is 9.33. The van der Waals surface area contributed by atoms with Gasteiger partial charge in [-0.3, -0.25) is 4.79 Å². The summed E-state index contributed by atoms with van der Waals surface area (Å²) in [7, 11) is 0. The average molecular weight is 254 g/mol. The molecule has 0 aromatic carbocycles. The molecule has 17 heavy (non-hydrogen) atoms. The summed E-state index contributed by atoms with van der Waals surface area (Å²) in [4.78, 5) is 11.6. The molecule has 1 amide bonds. The third-order valence-corrected chi connectivity index (χ3v) is 3.15. The van der Waals surface area contributed by atoms with Crippen molar-refractivity contribution < 1.29 is 23.1 Å². The molecule has 1 fully saturated rings. The van der Waals surface area contributed by atoms with Gasteiger partial charge in [-0.05, 0) is 25.3 Å². The van der Waals surface area contributed by atoms with E-state index in [1.807, 2.05) is 0 Å². The monoisotopic (exact) mass is 254 g/mol. The lowest BCUT2D eigenvalue weighted by molar-refractivity contribution is -0.202. The van der Waals surface area contributed by atoms with Crippen LogP contribution in [0, 0.1) is 11.8 Å². The molecule has 4 N–H and O–H groups in total. The molecule has 0 aromatic heterocycles. The SMILES string of the molecule is NCC1CCCC1C(=O)NCC(O)C(F)(F)F. The number of hydrogen-bond donors (Lipinski definition) is 3. The van der Waals surface area contributed by atoms with Crippen LogP contribution in [-0.2, 0) is 4.79 Å². The van der Waals surface area contributed by atoms with Crippen LogP contribution in [0.25, 0.3) is 0 Å². The topological polar surface area (TPSA) is 75.4 Å². The molecule has 4 nitrogen and oxygen atoms in total. The van der Waals surface area contributed by atoms with Gasteiger partial charge in [-0.25, -0.2) is 0 Å². The van der Waals surface area contributed by atoms with E-state index in [1.54, 1.807) is 0 Å². The van der Waals surface area contributed by atoms with Gasteiger partial charge in [-0.1, -0.05) is 6.42 Å². The van der Waals surface area contributed by atoms with E-state index < -0.39 is 24.7 Å². The lowest BCUT2D eigenvalue weighted by Crippen LogP contribution is -2.43. The first kappa shape index (κ1) is 14.2. The quantitative estimate of drug-likeness (QED) is 0.679. The molecule has 3 atom stereocenters. The molecule has 0 radical (unpaired) electrons. The Hall–Kier alpha value is -0.820. The summed E-state index contributed by atoms with van der Waals surface area (Å²) < 4.78 is 36.0. The minimum atomic E-state index is -4.70. The maximum atomic E-state index is 12.0. The second-order valence-corrected chi connectivity index (χ2v) is 4.34. The summed E-state index contributed by atoms with van der Waals surface area (Å²) in [5.41, 5.74) is 5.48. The van der Waals surface area contributed by atoms with Gasteiger partial charge in [-0.2, -0.15) is 13.2 Å². The van der Waals surface area contributed by atoms with Gasteiger partial charge in [0.15, 0.2) is 6.10 Å². The molecule has 0 saturated heterocycles. The second-order valence-electron chi connectivity index (χ2n) is 4.34. The fourth-order valence-corrected chi connectivity index (χ4v) is 2.11. The van der Waals surface area contributed by atoms with Crippen LogP contribution in [0.5, 0.6) is 0 Å². The standard InChI is InChI=1S/C10H17F3N2O2/c11-10(12,13)8(16)5-15-9(17)7-3-1-2-6(7)4-14/h6-8,16H,1-5,14H2,(H,15,17). The van der Waals surface area contributed by atoms with Crippen LogP contribution in [-0.4, -0.2) is 36.4 Å². The van der Waals surface area contributed by atoms with Crippen LogP contribution in [0.4, 0.5) is 13.2 Å². The first-order chi connectivity index (χ1) is 7.86. The highest BCUT2D eigenvalue weighted by Gasteiger charge is 2.39. The number of nitrogens with two attached hydrogens (primary N) is 1. The number of rotatable bonds is 4. The van der Waals surface area contributed by atoms with Crippen molar-refractivity contribution in [3.8, 4) is 0 Å². The van der Waals surface area contributed by atoms with Gasteiger partial charge in [0.25, 0.3) is 0 Å². The van der Waals surface area contributed by atoms with Crippen molar-refractivity contribution in [2.75, 3.05) is 13.1 Å². The van der Waals surface area contributed by atoms with Gasteiger partial charge in [0, 0.05) is 5.92 Å². The number of carbonyl (C=O) groups excluding carboxylic acids is 1. The molecular formula is C10H17F3N2O2. The highest BCUT2D eigenvalue weighted by molar-refractivity contribution is 5.79. The summed E-state index contributed by atoms with van der Waals surface area (Å²) >= 11 is 0. The van der Waals surface area contributed by atoms with Crippen LogP contribution in [0.2, 0.25) is 0 Å². The zero-order valence-corrected chi connectivity index (χ0v) is 9.33. The molecule has 1 aliphatic rings. The van der Waals surface area contributed by atoms with Gasteiger partial charge in [0.1, 0.15) is 0 Å². The first-order valence-electron chi connectivity index (χ1n) is 5.58. The van der Waals surface area contributed by atoms with Crippen molar-refractivity contribution in [1.82, 2.24) is 5.32 Å². The van der Waals surface area contributed by atoms with E-state index in [1.165, 1.54) is 0 Å². The summed E-state index contributed by atoms with van der Waals surface area (Å²) in [5, 5.41) is 10.9. The lowest BCUT2D eigenvalue weighted by atomic mass is 9.95. The molecular weight excluding hydrogens is 237 g/mol. The minimum Gasteiger partial charge on any atom is -0.382 e. The highest BCUT2D eigenvalue weighted by Crippen LogP contribution is 2.31. The second kappa shape index (κ2) is 5.68. The fraction of sp³-hybridized carbons (Fsp3) is 0.900. The maximum absolute atomic E-state index is 12.0. The predicted octanol–water partition coefficient (Wildman–Crippen LogP) is 0.401. The number of amides is 1. The first-order valence-corrected chi connectivity index (χ1v) is 5.58. The molecule has 100 valence electrons. The number of aliphatic hydroxyl groups excluding tert-OH is 1. The molecule has 7 heteroatoms. The Morgan fingerprint density at radius 1 is 1.47 bits per heavy atom. The van der Waals surface area contributed by atoms with Crippen molar-refractivity contribution in [2.45, 2.75) is 31.5 Å². The van der Waals surface area contributed by atoms with Crippen LogP contribution in [0.15, 0.2) is 0 Å². The van der Waals surface area contributed by atoms with Crippen molar-refractivity contribution in [3.63, 3.8) is 0 Å². The van der Waals surface area contributed by atoms with E-state index >= 15 is 0 Å². The van der Waals surface area contributed by atoms with Crippen LogP contribution in [0.1, 0.15) is 19.3 Å². The molecule has 3 unspecified atom stereocenters. The highest BCUT2D eigenvalue weighted by atomic mass is 19.4. The van der Waals surface area contributed by atoms with E-state index in [2.05, 4.69) is 5.32 Å². The summed E-state index contributed by atoms with van der Waals surface area (Å²) in [6.45, 7) is -0.434. The van der Waals surface area contributed by atoms with Gasteiger partial charge in [0.2, 0.25) is 5.91 Å². The van der Waals surface area contributed by atoms with E-state index in [9.17, 15) is 18.0 Å². The molecule has 1 rings (SSSR count). The molecule has 0 spiro atoms. The number of carbonyl (C=O) groups is 1. The average Bonchev–Trinajstić information content (AvgIpc) is 2.71. The zero-order chi connectivity index (χ0) is 13.1. The van der Waals surface area contributed by atoms with E-state index in [0.717, 1.165) is 12.8 Å². The number of hydrogen-bond acceptors (Lipinski definition) is 3. The van der Waals surface area contributed by atoms with Gasteiger partial charge >= 0.3 is 6.18 Å². The minimum absolute atomic E-state index is 0.0398. The maximum Gasteiger partial charge on any atom is 0.416 e. The van der Waals surface area contributed by atoms with Crippen molar-refractivity contribution >= 4 is 5.91 Å². The van der Waals surface area contributed by atoms with Crippen molar-refractivity contribution in [1.29, 1.82) is 0 Å². The normalized spacial score (nSPS) is 26.9. The Kier molecular flexibility index (Phi) is 4.76. The molecule has 1 saturated carbocycles. The Morgan fingerprint density at radius 2 is 2.12 bits per heavy atom. The van der Waals surface area contributed by atoms with E-state index in [-0.39, 0.29) is 11.8 Å². The third-order valence-electron chi connectivity index (χ3n) is 3.15. The number of nitrogens with one attached hydrogen (secondary N) is 1. The number of aliphatic hydroxyl groups is 1. The molecule has 0 heterocycles. The Balaban J connectivity index is 2.39. The van der Waals surface area contributed by atoms with Crippen molar-refractivity contribution in [3.05, 3.63) is 0 Å². The Bertz CT molecular complexity index is 271. The van der Waals surface area contributed by atoms with Crippen LogP contribution < -0.4 is 11.1 Å². The summed E-state index contributed by atoms with van der Waals surface area (Å²) in [6.07, 6.45) is -4.87. The molecule has 0 aromatic rings. The summed E-state index contributed by atoms with van der Waals surface area (Å²) in [5.74, 6) is -0.722. The van der Waals surface area contributed by atoms with Crippen LogP contribution in [0.3, 0.4) is 0 Å². The fourth-order valence-electron chi connectivity index (χ4n) is 2.11. The van der Waals surface area contributed by atoms with Gasteiger partial charge in [-0.15, -0.1) is 0 Å². The largest absolute Gasteiger partial charge is 0.416 e. The van der Waals surface area contributed by atoms with Crippen molar-refractivity contribution in [2.24, 2.45) is 17.6 Å². The van der Waals surface area contributed by atoms with Gasteiger partial charge in [0.05, 0.1) is 6.54 Å². The number of halogens is 3. The van der Waals surface area contributed by atoms with Crippen LogP contribution >= 0.6 is 0 Å². The molecule has 1 aliphatic carbocycles. The lowest BCUT2D eigenvalue weighted by Gasteiger charge is -2.19. The third kappa shape index (κ3) is 3.85. The smallest absolute Gasteiger partial charge is 0.382 e. The summed E-state index contributed by atoms with van der Waals surface area (Å²) in [6, 6.07) is 0. The Morgan fingerprint density at radius 3 is 2.65 bits per heavy atom. The molecule has 0 bridgehead atoms. The Labute approximate surface area is 97.4 Å². The number of alkyl halides is 3. The van der Waals surface area contributed by atoms with E-state index in [4.69, 9.17) is 10.8 Å². The predicted molar refractivity (Wildman–Crippen MR) is 55.0 cm³/mol. The van der Waals surface area contributed by atoms with E-state index in [0.29, 0.717) is 13.0 Å². The molecule has 0 aliphatic heterocycles. The van der Waals surface area contributed by atoms with Gasteiger partial charge < -0.3 is 16.2 Å².